The smallest absolute Gasteiger partial charge is 0.313 e. The summed E-state index contributed by atoms with van der Waals surface area (Å²) in [6.07, 6.45) is 3.64. The van der Waals surface area contributed by atoms with Gasteiger partial charge in [-0.3, -0.25) is 9.59 Å². The lowest BCUT2D eigenvalue weighted by Crippen LogP contribution is -2.49. The van der Waals surface area contributed by atoms with E-state index in [1.807, 2.05) is 24.8 Å². The number of hydrogen-bond acceptors (Lipinski definition) is 4. The molecule has 3 rings (SSSR count). The number of likely N-dealkylation sites (tertiary alicyclic amines) is 1. The summed E-state index contributed by atoms with van der Waals surface area (Å²) in [7, 11) is 0. The predicted octanol–water partition coefficient (Wildman–Crippen LogP) is 3.22. The van der Waals surface area contributed by atoms with Crippen LogP contribution in [0.25, 0.3) is 0 Å². The second-order valence-electron chi connectivity index (χ2n) is 7.00. The van der Waals surface area contributed by atoms with E-state index in [-0.39, 0.29) is 31.2 Å². The Kier molecular flexibility index (Phi) is 5.52. The largest absolute Gasteiger partial charge is 0.492 e. The highest BCUT2D eigenvalue weighted by Crippen LogP contribution is 2.30. The Hall–Kier alpha value is -1.75. The number of amides is 1. The van der Waals surface area contributed by atoms with Gasteiger partial charge in [-0.2, -0.15) is 0 Å². The number of ether oxygens (including phenoxy) is 2. The van der Waals surface area contributed by atoms with Gasteiger partial charge in [-0.05, 0) is 63.3 Å². The molecule has 0 spiro atoms. The van der Waals surface area contributed by atoms with E-state index in [1.54, 1.807) is 12.1 Å². The maximum absolute atomic E-state index is 12.4. The molecule has 136 valence electrons. The Labute approximate surface area is 153 Å². The second kappa shape index (κ2) is 7.65. The molecule has 6 heteroatoms. The molecule has 2 aliphatic rings. The minimum atomic E-state index is -0.407. The molecule has 1 aromatic carbocycles. The first kappa shape index (κ1) is 18.1. The topological polar surface area (TPSA) is 55.8 Å². The van der Waals surface area contributed by atoms with Gasteiger partial charge in [-0.1, -0.05) is 11.6 Å². The van der Waals surface area contributed by atoms with Gasteiger partial charge >= 0.3 is 5.97 Å². The minimum absolute atomic E-state index is 0.117. The number of esters is 1. The summed E-state index contributed by atoms with van der Waals surface area (Å²) >= 11 is 6.00. The van der Waals surface area contributed by atoms with Crippen LogP contribution in [-0.4, -0.2) is 42.1 Å². The van der Waals surface area contributed by atoms with Gasteiger partial charge in [-0.15, -0.1) is 0 Å². The van der Waals surface area contributed by atoms with E-state index in [2.05, 4.69) is 0 Å². The maximum Gasteiger partial charge on any atom is 0.313 e. The fourth-order valence-electron chi connectivity index (χ4n) is 3.75. The molecule has 1 saturated heterocycles. The molecule has 0 aromatic heterocycles. The average Bonchev–Trinajstić information content (AvgIpc) is 2.58. The van der Waals surface area contributed by atoms with Gasteiger partial charge in [0.05, 0.1) is 5.92 Å². The maximum atomic E-state index is 12.4. The molecule has 2 aliphatic heterocycles. The molecule has 0 saturated carbocycles. The van der Waals surface area contributed by atoms with E-state index in [0.717, 1.165) is 30.6 Å². The molecule has 1 amide bonds. The van der Waals surface area contributed by atoms with E-state index in [9.17, 15) is 9.59 Å². The van der Waals surface area contributed by atoms with Crippen LogP contribution >= 0.6 is 11.6 Å². The van der Waals surface area contributed by atoms with Gasteiger partial charge in [0.25, 0.3) is 5.91 Å². The van der Waals surface area contributed by atoms with Crippen molar-refractivity contribution in [3.05, 3.63) is 28.8 Å². The Morgan fingerprint density at radius 2 is 2.00 bits per heavy atom. The highest BCUT2D eigenvalue weighted by molar-refractivity contribution is 6.30. The zero-order valence-corrected chi connectivity index (χ0v) is 15.4. The second-order valence-corrected chi connectivity index (χ2v) is 7.44. The van der Waals surface area contributed by atoms with Crippen molar-refractivity contribution in [2.45, 2.75) is 51.6 Å². The van der Waals surface area contributed by atoms with Crippen molar-refractivity contribution in [1.82, 2.24) is 4.90 Å². The molecule has 0 unspecified atom stereocenters. The molecule has 1 fully saturated rings. The lowest BCUT2D eigenvalue weighted by atomic mass is 9.97. The van der Waals surface area contributed by atoms with Crippen LogP contribution < -0.4 is 4.74 Å². The molecule has 0 aliphatic carbocycles. The van der Waals surface area contributed by atoms with Crippen molar-refractivity contribution >= 4 is 23.5 Å². The van der Waals surface area contributed by atoms with E-state index >= 15 is 0 Å². The van der Waals surface area contributed by atoms with Crippen molar-refractivity contribution in [2.75, 3.05) is 13.2 Å². The van der Waals surface area contributed by atoms with Crippen LogP contribution in [-0.2, 0) is 20.7 Å². The lowest BCUT2D eigenvalue weighted by molar-refractivity contribution is -0.158. The highest BCUT2D eigenvalue weighted by Gasteiger charge is 2.31. The first-order chi connectivity index (χ1) is 12.0. The summed E-state index contributed by atoms with van der Waals surface area (Å²) in [4.78, 5) is 26.6. The summed E-state index contributed by atoms with van der Waals surface area (Å²) in [5, 5.41) is 0.611. The molecule has 0 bridgehead atoms. The fourth-order valence-corrected chi connectivity index (χ4v) is 3.95. The number of halogens is 1. The van der Waals surface area contributed by atoms with E-state index in [0.29, 0.717) is 11.4 Å². The number of carbonyl (C=O) groups excluding carboxylic acids is 2. The third-order valence-corrected chi connectivity index (χ3v) is 5.32. The first-order valence-electron chi connectivity index (χ1n) is 8.84. The van der Waals surface area contributed by atoms with E-state index in [1.165, 1.54) is 0 Å². The lowest BCUT2D eigenvalue weighted by Gasteiger charge is -2.39. The minimum Gasteiger partial charge on any atom is -0.492 e. The van der Waals surface area contributed by atoms with Crippen LogP contribution in [0.3, 0.4) is 0 Å². The molecular formula is C19H24ClNO4. The fraction of sp³-hybridized carbons (Fsp3) is 0.579. The molecular weight excluding hydrogens is 342 g/mol. The Bertz CT molecular complexity index is 653. The highest BCUT2D eigenvalue weighted by atomic mass is 35.5. The number of benzene rings is 1. The van der Waals surface area contributed by atoms with Crippen molar-refractivity contribution in [2.24, 2.45) is 5.92 Å². The average molecular weight is 366 g/mol. The third-order valence-electron chi connectivity index (χ3n) is 5.08. The van der Waals surface area contributed by atoms with Crippen LogP contribution in [0.5, 0.6) is 5.75 Å². The van der Waals surface area contributed by atoms with E-state index < -0.39 is 11.9 Å². The molecule has 5 nitrogen and oxygen atoms in total. The van der Waals surface area contributed by atoms with Crippen molar-refractivity contribution in [1.29, 1.82) is 0 Å². The number of piperidine rings is 1. The molecule has 3 atom stereocenters. The SMILES string of the molecule is C[C@@H]1CCC[C@@H](C)N1C(=O)COC(=O)[C@H]1COc2ccc(Cl)cc2C1. The van der Waals surface area contributed by atoms with Gasteiger partial charge in [0.2, 0.25) is 0 Å². The van der Waals surface area contributed by atoms with Crippen molar-refractivity contribution in [3.8, 4) is 5.75 Å². The Morgan fingerprint density at radius 3 is 2.72 bits per heavy atom. The van der Waals surface area contributed by atoms with Crippen LogP contribution in [0.2, 0.25) is 5.02 Å². The first-order valence-corrected chi connectivity index (χ1v) is 9.22. The van der Waals surface area contributed by atoms with Crippen LogP contribution in [0.4, 0.5) is 0 Å². The van der Waals surface area contributed by atoms with Crippen LogP contribution in [0.1, 0.15) is 38.7 Å². The monoisotopic (exact) mass is 365 g/mol. The van der Waals surface area contributed by atoms with Gasteiger partial charge < -0.3 is 14.4 Å². The Morgan fingerprint density at radius 1 is 1.28 bits per heavy atom. The van der Waals surface area contributed by atoms with Gasteiger partial charge in [0.1, 0.15) is 12.4 Å². The number of rotatable bonds is 3. The summed E-state index contributed by atoms with van der Waals surface area (Å²) in [5.74, 6) is -0.167. The standard InChI is InChI=1S/C19H24ClNO4/c1-12-4-3-5-13(2)21(12)18(22)11-25-19(23)15-8-14-9-16(20)6-7-17(14)24-10-15/h6-7,9,12-13,15H,3-5,8,10-11H2,1-2H3/t12-,13-,15-/m1/s1. The zero-order chi connectivity index (χ0) is 18.0. The van der Waals surface area contributed by atoms with Gasteiger partial charge in [0.15, 0.2) is 6.61 Å². The number of carbonyl (C=O) groups is 2. The van der Waals surface area contributed by atoms with Crippen molar-refractivity contribution in [3.63, 3.8) is 0 Å². The molecule has 0 radical (unpaired) electrons. The third kappa shape index (κ3) is 4.09. The summed E-state index contributed by atoms with van der Waals surface area (Å²) < 4.78 is 10.9. The number of hydrogen-bond donors (Lipinski definition) is 0. The van der Waals surface area contributed by atoms with Crippen molar-refractivity contribution < 1.29 is 19.1 Å². The molecule has 1 aromatic rings. The quantitative estimate of drug-likeness (QED) is 0.772. The van der Waals surface area contributed by atoms with Gasteiger partial charge in [0, 0.05) is 17.1 Å². The Balaban J connectivity index is 1.55. The predicted molar refractivity (Wildman–Crippen MR) is 94.7 cm³/mol. The summed E-state index contributed by atoms with van der Waals surface area (Å²) in [5.41, 5.74) is 0.894. The van der Waals surface area contributed by atoms with Crippen LogP contribution in [0.15, 0.2) is 18.2 Å². The molecule has 25 heavy (non-hydrogen) atoms. The summed E-state index contributed by atoms with van der Waals surface area (Å²) in [6, 6.07) is 5.77. The zero-order valence-electron chi connectivity index (χ0n) is 14.7. The number of fused-ring (bicyclic) bond motifs is 1. The van der Waals surface area contributed by atoms with Gasteiger partial charge in [-0.25, -0.2) is 0 Å². The molecule has 0 N–H and O–H groups in total. The van der Waals surface area contributed by atoms with E-state index in [4.69, 9.17) is 21.1 Å². The molecule has 2 heterocycles. The summed E-state index contributed by atoms with van der Waals surface area (Å²) in [6.45, 7) is 4.15. The normalized spacial score (nSPS) is 25.7. The van der Waals surface area contributed by atoms with Crippen LogP contribution in [0, 0.1) is 5.92 Å². The number of nitrogens with zero attached hydrogens (tertiary/aromatic N) is 1.